The molecule has 2 heterocycles. The summed E-state index contributed by atoms with van der Waals surface area (Å²) < 4.78 is 28.6. The SMILES string of the molecule is COc1cc(/C=C2\Oc3c4c(cc(C)c3C2=O)OCN(CCCc2ccccc2)C4)cc(OC)c1OC. The molecule has 0 unspecified atom stereocenters. The Labute approximate surface area is 217 Å². The molecule has 0 saturated heterocycles. The minimum absolute atomic E-state index is 0.148. The lowest BCUT2D eigenvalue weighted by atomic mass is 9.98. The molecule has 0 aromatic heterocycles. The van der Waals surface area contributed by atoms with Crippen LogP contribution in [0.3, 0.4) is 0 Å². The van der Waals surface area contributed by atoms with Gasteiger partial charge in [0.25, 0.3) is 0 Å². The van der Waals surface area contributed by atoms with Gasteiger partial charge >= 0.3 is 0 Å². The predicted octanol–water partition coefficient (Wildman–Crippen LogP) is 5.42. The molecule has 0 aliphatic carbocycles. The first-order chi connectivity index (χ1) is 18.0. The van der Waals surface area contributed by atoms with Gasteiger partial charge in [-0.1, -0.05) is 30.3 Å². The van der Waals surface area contributed by atoms with Crippen molar-refractivity contribution >= 4 is 11.9 Å². The summed E-state index contributed by atoms with van der Waals surface area (Å²) in [6, 6.07) is 16.0. The van der Waals surface area contributed by atoms with Gasteiger partial charge in [-0.15, -0.1) is 0 Å². The molecule has 0 spiro atoms. The van der Waals surface area contributed by atoms with E-state index in [1.54, 1.807) is 39.5 Å². The van der Waals surface area contributed by atoms with Gasteiger partial charge in [-0.2, -0.15) is 0 Å². The number of carbonyl (C=O) groups is 1. The van der Waals surface area contributed by atoms with Gasteiger partial charge in [0.2, 0.25) is 11.5 Å². The summed E-state index contributed by atoms with van der Waals surface area (Å²) in [5, 5.41) is 0. The van der Waals surface area contributed by atoms with Crippen LogP contribution in [0.15, 0.2) is 54.3 Å². The maximum Gasteiger partial charge on any atom is 0.232 e. The Bertz CT molecular complexity index is 1320. The number of benzene rings is 3. The van der Waals surface area contributed by atoms with Crippen LogP contribution in [0.25, 0.3) is 6.08 Å². The minimum atomic E-state index is -0.148. The molecule has 0 amide bonds. The average Bonchev–Trinajstić information content (AvgIpc) is 3.25. The number of nitrogens with zero attached hydrogens (tertiary/aromatic N) is 1. The van der Waals surface area contributed by atoms with E-state index in [4.69, 9.17) is 23.7 Å². The molecule has 0 radical (unpaired) electrons. The van der Waals surface area contributed by atoms with E-state index in [1.807, 2.05) is 19.1 Å². The highest BCUT2D eigenvalue weighted by atomic mass is 16.5. The van der Waals surface area contributed by atoms with Crippen molar-refractivity contribution in [1.82, 2.24) is 4.90 Å². The number of aryl methyl sites for hydroxylation is 2. The van der Waals surface area contributed by atoms with Crippen LogP contribution in [0, 0.1) is 6.92 Å². The number of carbonyl (C=O) groups excluding carboxylic acids is 1. The van der Waals surface area contributed by atoms with Crippen LogP contribution in [0.4, 0.5) is 0 Å². The van der Waals surface area contributed by atoms with Crippen molar-refractivity contribution in [3.63, 3.8) is 0 Å². The molecule has 7 nitrogen and oxygen atoms in total. The zero-order chi connectivity index (χ0) is 25.9. The Kier molecular flexibility index (Phi) is 7.06. The van der Waals surface area contributed by atoms with Crippen LogP contribution in [0.5, 0.6) is 28.7 Å². The third kappa shape index (κ3) is 4.87. The van der Waals surface area contributed by atoms with Crippen LogP contribution in [0.1, 0.15) is 39.0 Å². The van der Waals surface area contributed by atoms with Gasteiger partial charge in [0.1, 0.15) is 18.2 Å². The Morgan fingerprint density at radius 1 is 1.00 bits per heavy atom. The van der Waals surface area contributed by atoms with Crippen molar-refractivity contribution in [2.45, 2.75) is 26.3 Å². The van der Waals surface area contributed by atoms with Gasteiger partial charge in [-0.25, -0.2) is 0 Å². The first kappa shape index (κ1) is 24.7. The van der Waals surface area contributed by atoms with E-state index in [-0.39, 0.29) is 11.5 Å². The lowest BCUT2D eigenvalue weighted by molar-refractivity contribution is 0.0928. The van der Waals surface area contributed by atoms with Crippen molar-refractivity contribution in [2.24, 2.45) is 0 Å². The number of rotatable bonds is 8. The molecule has 37 heavy (non-hydrogen) atoms. The number of ketones is 1. The van der Waals surface area contributed by atoms with Crippen LogP contribution >= 0.6 is 0 Å². The van der Waals surface area contributed by atoms with Crippen molar-refractivity contribution in [3.8, 4) is 28.7 Å². The lowest BCUT2D eigenvalue weighted by Gasteiger charge is -2.30. The normalized spacial score (nSPS) is 15.6. The largest absolute Gasteiger partial charge is 0.493 e. The summed E-state index contributed by atoms with van der Waals surface area (Å²) in [4.78, 5) is 15.7. The topological polar surface area (TPSA) is 66.5 Å². The Morgan fingerprint density at radius 3 is 2.41 bits per heavy atom. The fraction of sp³-hybridized carbons (Fsp3) is 0.300. The summed E-state index contributed by atoms with van der Waals surface area (Å²) in [5.74, 6) is 2.97. The molecule has 2 aliphatic heterocycles. The summed E-state index contributed by atoms with van der Waals surface area (Å²) in [6.45, 7) is 3.98. The van der Waals surface area contributed by atoms with Gasteiger partial charge in [0.05, 0.1) is 32.5 Å². The van der Waals surface area contributed by atoms with Crippen molar-refractivity contribution < 1.29 is 28.5 Å². The zero-order valence-corrected chi connectivity index (χ0v) is 21.6. The zero-order valence-electron chi connectivity index (χ0n) is 21.6. The molecule has 3 aromatic rings. The average molecular weight is 502 g/mol. The molecule has 3 aromatic carbocycles. The molecule has 7 heteroatoms. The maximum absolute atomic E-state index is 13.4. The number of methoxy groups -OCH3 is 3. The summed E-state index contributed by atoms with van der Waals surface area (Å²) in [6.07, 6.45) is 3.73. The van der Waals surface area contributed by atoms with E-state index < -0.39 is 0 Å². The van der Waals surface area contributed by atoms with Gasteiger partial charge < -0.3 is 23.7 Å². The second-order valence-electron chi connectivity index (χ2n) is 9.19. The molecule has 5 rings (SSSR count). The molecular formula is C30H31NO6. The molecule has 0 bridgehead atoms. The van der Waals surface area contributed by atoms with Crippen molar-refractivity contribution in [2.75, 3.05) is 34.6 Å². The number of hydrogen-bond acceptors (Lipinski definition) is 7. The summed E-state index contributed by atoms with van der Waals surface area (Å²) in [7, 11) is 4.67. The van der Waals surface area contributed by atoms with Gasteiger partial charge in [0, 0.05) is 13.1 Å². The number of allylic oxidation sites excluding steroid dienone is 1. The fourth-order valence-corrected chi connectivity index (χ4v) is 4.91. The fourth-order valence-electron chi connectivity index (χ4n) is 4.91. The number of Topliss-reactive ketones (excluding diaryl/α,β-unsaturated/α-hetero) is 1. The molecule has 0 N–H and O–H groups in total. The van der Waals surface area contributed by atoms with E-state index >= 15 is 0 Å². The van der Waals surface area contributed by atoms with E-state index in [0.717, 1.165) is 36.3 Å². The van der Waals surface area contributed by atoms with E-state index in [0.29, 0.717) is 47.4 Å². The highest BCUT2D eigenvalue weighted by molar-refractivity contribution is 6.16. The quantitative estimate of drug-likeness (QED) is 0.382. The number of hydrogen-bond donors (Lipinski definition) is 0. The summed E-state index contributed by atoms with van der Waals surface area (Å²) in [5.41, 5.74) is 4.37. The molecule has 2 aliphatic rings. The number of fused-ring (bicyclic) bond motifs is 3. The monoisotopic (exact) mass is 501 g/mol. The molecule has 0 saturated carbocycles. The lowest BCUT2D eigenvalue weighted by Crippen LogP contribution is -2.33. The molecule has 192 valence electrons. The third-order valence-corrected chi connectivity index (χ3v) is 6.76. The van der Waals surface area contributed by atoms with Crippen LogP contribution in [-0.4, -0.2) is 45.3 Å². The molecular weight excluding hydrogens is 470 g/mol. The molecule has 0 atom stereocenters. The molecule has 0 fully saturated rings. The standard InChI is InChI=1S/C30H31NO6/c1-19-13-23-22(17-31(18-36-23)12-8-11-20-9-6-5-7-10-20)29-27(19)28(32)24(37-29)14-21-15-25(33-2)30(35-4)26(16-21)34-3/h5-7,9-10,13-16H,8,11-12,17-18H2,1-4H3/b24-14-. The van der Waals surface area contributed by atoms with E-state index in [2.05, 4.69) is 29.2 Å². The summed E-state index contributed by atoms with van der Waals surface area (Å²) >= 11 is 0. The second-order valence-corrected chi connectivity index (χ2v) is 9.19. The van der Waals surface area contributed by atoms with Crippen LogP contribution in [-0.2, 0) is 13.0 Å². The Hall–Kier alpha value is -3.97. The van der Waals surface area contributed by atoms with Gasteiger partial charge in [-0.05, 0) is 60.7 Å². The van der Waals surface area contributed by atoms with E-state index in [1.165, 1.54) is 5.56 Å². The van der Waals surface area contributed by atoms with Crippen molar-refractivity contribution in [3.05, 3.63) is 82.1 Å². The minimum Gasteiger partial charge on any atom is -0.493 e. The first-order valence-electron chi connectivity index (χ1n) is 12.3. The predicted molar refractivity (Wildman–Crippen MR) is 141 cm³/mol. The second kappa shape index (κ2) is 10.6. The highest BCUT2D eigenvalue weighted by Crippen LogP contribution is 2.45. The number of ether oxygens (including phenoxy) is 5. The van der Waals surface area contributed by atoms with Crippen LogP contribution < -0.4 is 23.7 Å². The van der Waals surface area contributed by atoms with E-state index in [9.17, 15) is 4.79 Å². The highest BCUT2D eigenvalue weighted by Gasteiger charge is 2.35. The Balaban J connectivity index is 1.39. The Morgan fingerprint density at radius 2 is 1.73 bits per heavy atom. The van der Waals surface area contributed by atoms with Gasteiger partial charge in [0.15, 0.2) is 17.3 Å². The smallest absolute Gasteiger partial charge is 0.232 e. The maximum atomic E-state index is 13.4. The third-order valence-electron chi connectivity index (χ3n) is 6.76. The first-order valence-corrected chi connectivity index (χ1v) is 12.3. The van der Waals surface area contributed by atoms with Gasteiger partial charge in [-0.3, -0.25) is 9.69 Å². The van der Waals surface area contributed by atoms with Crippen molar-refractivity contribution in [1.29, 1.82) is 0 Å². The van der Waals surface area contributed by atoms with Crippen LogP contribution in [0.2, 0.25) is 0 Å².